The molecule has 0 aliphatic rings. The molecule has 0 aliphatic carbocycles. The van der Waals surface area contributed by atoms with Crippen molar-refractivity contribution >= 4 is 43.2 Å². The average molecular weight is 381 g/mol. The van der Waals surface area contributed by atoms with Crippen molar-refractivity contribution in [3.63, 3.8) is 0 Å². The van der Waals surface area contributed by atoms with Crippen LogP contribution in [0.3, 0.4) is 0 Å². The Hall–Kier alpha value is -4.02. The van der Waals surface area contributed by atoms with Gasteiger partial charge in [0.15, 0.2) is 0 Å². The largest absolute Gasteiger partial charge is 0.337 e. The first-order chi connectivity index (χ1) is 14.8. The number of hydrogen-bond acceptors (Lipinski definition) is 0. The van der Waals surface area contributed by atoms with E-state index in [2.05, 4.69) is 90.2 Å². The lowest BCUT2D eigenvalue weighted by Gasteiger charge is -2.09. The predicted octanol–water partition coefficient (Wildman–Crippen LogP) is 7.04. The van der Waals surface area contributed by atoms with Gasteiger partial charge in [-0.2, -0.15) is 0 Å². The van der Waals surface area contributed by atoms with Crippen LogP contribution in [0.5, 0.6) is 0 Å². The zero-order chi connectivity index (χ0) is 20.1. The molecule has 1 nitrogen and oxygen atoms in total. The van der Waals surface area contributed by atoms with Crippen LogP contribution in [-0.4, -0.2) is 4.57 Å². The van der Waals surface area contributed by atoms with Gasteiger partial charge in [-0.05, 0) is 63.2 Å². The Labute approximate surface area is 175 Å². The van der Waals surface area contributed by atoms with Crippen molar-refractivity contribution < 1.29 is 0 Å². The molecular formula is C29H19N. The third kappa shape index (κ3) is 2.59. The van der Waals surface area contributed by atoms with Crippen LogP contribution in [0.25, 0.3) is 43.2 Å². The zero-order valence-corrected chi connectivity index (χ0v) is 16.7. The normalized spacial score (nSPS) is 11.2. The van der Waals surface area contributed by atoms with Crippen LogP contribution in [0.4, 0.5) is 0 Å². The van der Waals surface area contributed by atoms with Gasteiger partial charge in [0.2, 0.25) is 0 Å². The summed E-state index contributed by atoms with van der Waals surface area (Å²) in [6, 6.07) is 34.5. The van der Waals surface area contributed by atoms with Gasteiger partial charge in [0.1, 0.15) is 0 Å². The maximum absolute atomic E-state index is 3.36. The molecule has 0 saturated heterocycles. The fourth-order valence-corrected chi connectivity index (χ4v) is 4.46. The van der Waals surface area contributed by atoms with Crippen LogP contribution in [0, 0.1) is 11.8 Å². The highest BCUT2D eigenvalue weighted by molar-refractivity contribution is 6.18. The van der Waals surface area contributed by atoms with Crippen molar-refractivity contribution in [2.75, 3.05) is 0 Å². The summed E-state index contributed by atoms with van der Waals surface area (Å²) in [6.45, 7) is 0. The number of benzene rings is 5. The summed E-state index contributed by atoms with van der Waals surface area (Å²) in [5.41, 5.74) is 3.30. The number of fused-ring (bicyclic) bond motifs is 6. The minimum atomic E-state index is 1.03. The summed E-state index contributed by atoms with van der Waals surface area (Å²) in [5, 5.41) is 8.91. The first-order valence-electron chi connectivity index (χ1n) is 10.2. The molecule has 0 unspecified atom stereocenters. The van der Waals surface area contributed by atoms with Gasteiger partial charge in [0.05, 0.1) is 11.2 Å². The minimum absolute atomic E-state index is 1.03. The highest BCUT2D eigenvalue weighted by Crippen LogP contribution is 2.34. The van der Waals surface area contributed by atoms with Crippen molar-refractivity contribution in [2.45, 2.75) is 0 Å². The van der Waals surface area contributed by atoms with Crippen molar-refractivity contribution in [3.8, 4) is 11.8 Å². The summed E-state index contributed by atoms with van der Waals surface area (Å²) in [4.78, 5) is 0. The van der Waals surface area contributed by atoms with Crippen molar-refractivity contribution in [3.05, 3.63) is 108 Å². The third-order valence-corrected chi connectivity index (χ3v) is 5.98. The molecule has 0 spiro atoms. The summed E-state index contributed by atoms with van der Waals surface area (Å²) < 4.78 is 2.22. The van der Waals surface area contributed by atoms with Crippen molar-refractivity contribution in [2.24, 2.45) is 7.05 Å². The van der Waals surface area contributed by atoms with Crippen LogP contribution in [0.2, 0.25) is 0 Å². The van der Waals surface area contributed by atoms with E-state index in [9.17, 15) is 0 Å². The Kier molecular flexibility index (Phi) is 3.66. The number of aryl methyl sites for hydroxylation is 1. The van der Waals surface area contributed by atoms with Crippen LogP contribution < -0.4 is 0 Å². The molecule has 0 aliphatic heterocycles. The first-order valence-corrected chi connectivity index (χ1v) is 10.2. The highest BCUT2D eigenvalue weighted by Gasteiger charge is 2.10. The van der Waals surface area contributed by atoms with Gasteiger partial charge in [-0.15, -0.1) is 0 Å². The number of aromatic nitrogens is 1. The maximum atomic E-state index is 3.36. The van der Waals surface area contributed by atoms with Crippen molar-refractivity contribution in [1.29, 1.82) is 0 Å². The Balaban J connectivity index is 1.61. The topological polar surface area (TPSA) is 4.93 Å². The summed E-state index contributed by atoms with van der Waals surface area (Å²) >= 11 is 0. The van der Waals surface area contributed by atoms with Crippen molar-refractivity contribution in [1.82, 2.24) is 4.57 Å². The lowest BCUT2D eigenvalue weighted by molar-refractivity contribution is 0.955. The second-order valence-electron chi connectivity index (χ2n) is 7.79. The molecule has 6 aromatic rings. The van der Waals surface area contributed by atoms with Gasteiger partial charge in [-0.3, -0.25) is 0 Å². The van der Waals surface area contributed by atoms with E-state index >= 15 is 0 Å². The quantitative estimate of drug-likeness (QED) is 0.151. The monoisotopic (exact) mass is 381 g/mol. The molecule has 0 amide bonds. The maximum Gasteiger partial charge on any atom is 0.0932 e. The standard InChI is InChI=1S/C29H19N/c1-30-25(14-11-20-7-3-2-4-8-20)18-24-13-15-26-27(29(24)30)16-12-23-17-21-9-5-6-10-22(21)19-28(23)26/h2-10,12-13,15-19H,1H3. The molecule has 0 N–H and O–H groups in total. The molecule has 1 aromatic heterocycles. The first kappa shape index (κ1) is 16.9. The fraction of sp³-hybridized carbons (Fsp3) is 0.0345. The van der Waals surface area contributed by atoms with Gasteiger partial charge in [-0.1, -0.05) is 72.7 Å². The van der Waals surface area contributed by atoms with Gasteiger partial charge in [-0.25, -0.2) is 0 Å². The van der Waals surface area contributed by atoms with Crippen LogP contribution >= 0.6 is 0 Å². The van der Waals surface area contributed by atoms with E-state index in [1.165, 1.54) is 43.2 Å². The SMILES string of the molecule is Cn1c(C#Cc2ccccc2)cc2ccc3c4cc5ccccc5cc4ccc3c21. The molecule has 30 heavy (non-hydrogen) atoms. The van der Waals surface area contributed by atoms with E-state index in [4.69, 9.17) is 0 Å². The van der Waals surface area contributed by atoms with Crippen LogP contribution in [0.1, 0.15) is 11.3 Å². The van der Waals surface area contributed by atoms with E-state index in [1.54, 1.807) is 0 Å². The molecule has 1 heterocycles. The summed E-state index contributed by atoms with van der Waals surface area (Å²) in [5.74, 6) is 6.65. The summed E-state index contributed by atoms with van der Waals surface area (Å²) in [6.07, 6.45) is 0. The molecule has 0 radical (unpaired) electrons. The molecule has 0 saturated carbocycles. The number of rotatable bonds is 0. The zero-order valence-electron chi connectivity index (χ0n) is 16.7. The lowest BCUT2D eigenvalue weighted by Crippen LogP contribution is -1.92. The molecule has 140 valence electrons. The van der Waals surface area contributed by atoms with E-state index in [1.807, 2.05) is 30.3 Å². The molecule has 5 aromatic carbocycles. The minimum Gasteiger partial charge on any atom is -0.337 e. The van der Waals surface area contributed by atoms with Gasteiger partial charge in [0.25, 0.3) is 0 Å². The number of hydrogen-bond donors (Lipinski definition) is 0. The molecule has 0 bridgehead atoms. The highest BCUT2D eigenvalue weighted by atomic mass is 14.9. The van der Waals surface area contributed by atoms with E-state index in [-0.39, 0.29) is 0 Å². The van der Waals surface area contributed by atoms with Crippen LogP contribution in [-0.2, 0) is 7.05 Å². The predicted molar refractivity (Wildman–Crippen MR) is 128 cm³/mol. The second kappa shape index (κ2) is 6.51. The molecule has 1 heteroatoms. The smallest absolute Gasteiger partial charge is 0.0932 e. The average Bonchev–Trinajstić information content (AvgIpc) is 3.12. The molecule has 0 fully saturated rings. The fourth-order valence-electron chi connectivity index (χ4n) is 4.46. The molecule has 6 rings (SSSR count). The van der Waals surface area contributed by atoms with E-state index < -0.39 is 0 Å². The Morgan fingerprint density at radius 2 is 1.23 bits per heavy atom. The van der Waals surface area contributed by atoms with Crippen LogP contribution in [0.15, 0.2) is 97.1 Å². The lowest BCUT2D eigenvalue weighted by atomic mass is 9.97. The second-order valence-corrected chi connectivity index (χ2v) is 7.79. The summed E-state index contributed by atoms with van der Waals surface area (Å²) in [7, 11) is 2.11. The van der Waals surface area contributed by atoms with Gasteiger partial charge >= 0.3 is 0 Å². The van der Waals surface area contributed by atoms with Gasteiger partial charge < -0.3 is 4.57 Å². The van der Waals surface area contributed by atoms with E-state index in [0.29, 0.717) is 0 Å². The molecule has 0 atom stereocenters. The third-order valence-electron chi connectivity index (χ3n) is 5.98. The van der Waals surface area contributed by atoms with E-state index in [0.717, 1.165) is 11.3 Å². The Morgan fingerprint density at radius 1 is 0.533 bits per heavy atom. The Morgan fingerprint density at radius 3 is 2.07 bits per heavy atom. The Bertz CT molecular complexity index is 1640. The molecular weight excluding hydrogens is 362 g/mol. The number of nitrogens with zero attached hydrogens (tertiary/aromatic N) is 1. The van der Waals surface area contributed by atoms with Gasteiger partial charge in [0, 0.05) is 23.4 Å².